The molecular weight excluding hydrogens is 138 g/mol. The van der Waals surface area contributed by atoms with Crippen LogP contribution < -0.4 is 5.32 Å². The van der Waals surface area contributed by atoms with Crippen molar-refractivity contribution in [1.82, 2.24) is 5.32 Å². The third-order valence-corrected chi connectivity index (χ3v) is 2.57. The molecule has 0 aromatic rings. The average molecular weight is 157 g/mol. The van der Waals surface area contributed by atoms with Gasteiger partial charge in [0.15, 0.2) is 0 Å². The number of methoxy groups -OCH3 is 1. The molecule has 1 aliphatic heterocycles. The minimum absolute atomic E-state index is 0.722. The maximum absolute atomic E-state index is 5.17. The average Bonchev–Trinajstić information content (AvgIpc) is 2.52. The first-order valence-electron chi connectivity index (χ1n) is 4.60. The van der Waals surface area contributed by atoms with E-state index >= 15 is 0 Å². The predicted molar refractivity (Wildman–Crippen MR) is 46.7 cm³/mol. The fourth-order valence-corrected chi connectivity index (χ4v) is 1.85. The molecule has 1 N–H and O–H groups in total. The molecule has 1 saturated heterocycles. The number of hydrogen-bond donors (Lipinski definition) is 1. The summed E-state index contributed by atoms with van der Waals surface area (Å²) in [4.78, 5) is 0. The van der Waals surface area contributed by atoms with Crippen molar-refractivity contribution in [2.24, 2.45) is 5.92 Å². The summed E-state index contributed by atoms with van der Waals surface area (Å²) >= 11 is 0. The first-order chi connectivity index (χ1) is 5.38. The van der Waals surface area contributed by atoms with Gasteiger partial charge in [-0.3, -0.25) is 0 Å². The minimum atomic E-state index is 0.722. The van der Waals surface area contributed by atoms with Gasteiger partial charge in [-0.25, -0.2) is 0 Å². The SMILES string of the molecule is CCC(COC)C1CCCN1. The molecule has 0 spiro atoms. The molecule has 0 bridgehead atoms. The van der Waals surface area contributed by atoms with E-state index in [0.717, 1.165) is 18.6 Å². The monoisotopic (exact) mass is 157 g/mol. The maximum atomic E-state index is 5.17. The number of ether oxygens (including phenoxy) is 1. The van der Waals surface area contributed by atoms with Gasteiger partial charge in [0.05, 0.1) is 6.61 Å². The van der Waals surface area contributed by atoms with Gasteiger partial charge in [-0.1, -0.05) is 6.92 Å². The molecule has 66 valence electrons. The van der Waals surface area contributed by atoms with Crippen molar-refractivity contribution >= 4 is 0 Å². The van der Waals surface area contributed by atoms with Crippen molar-refractivity contribution in [3.8, 4) is 0 Å². The molecule has 2 atom stereocenters. The Morgan fingerprint density at radius 2 is 2.45 bits per heavy atom. The summed E-state index contributed by atoms with van der Waals surface area (Å²) in [5, 5.41) is 3.51. The van der Waals surface area contributed by atoms with E-state index in [0.29, 0.717) is 0 Å². The normalized spacial score (nSPS) is 27.3. The van der Waals surface area contributed by atoms with Crippen LogP contribution in [0.1, 0.15) is 26.2 Å². The Hall–Kier alpha value is -0.0800. The van der Waals surface area contributed by atoms with Crippen LogP contribution in [0.4, 0.5) is 0 Å². The third-order valence-electron chi connectivity index (χ3n) is 2.57. The van der Waals surface area contributed by atoms with Crippen molar-refractivity contribution in [2.75, 3.05) is 20.3 Å². The van der Waals surface area contributed by atoms with Gasteiger partial charge in [-0.2, -0.15) is 0 Å². The highest BCUT2D eigenvalue weighted by Crippen LogP contribution is 2.17. The first kappa shape index (κ1) is 9.01. The molecule has 2 unspecified atom stereocenters. The first-order valence-corrected chi connectivity index (χ1v) is 4.60. The molecule has 0 amide bonds. The van der Waals surface area contributed by atoms with Gasteiger partial charge in [-0.15, -0.1) is 0 Å². The van der Waals surface area contributed by atoms with Crippen LogP contribution in [0.5, 0.6) is 0 Å². The number of rotatable bonds is 4. The second-order valence-corrected chi connectivity index (χ2v) is 3.33. The molecular formula is C9H19NO. The van der Waals surface area contributed by atoms with E-state index < -0.39 is 0 Å². The summed E-state index contributed by atoms with van der Waals surface area (Å²) in [5.74, 6) is 0.725. The van der Waals surface area contributed by atoms with Crippen LogP contribution in [0.2, 0.25) is 0 Å². The summed E-state index contributed by atoms with van der Waals surface area (Å²) < 4.78 is 5.17. The van der Waals surface area contributed by atoms with E-state index in [-0.39, 0.29) is 0 Å². The second kappa shape index (κ2) is 4.73. The van der Waals surface area contributed by atoms with Gasteiger partial charge in [0, 0.05) is 13.2 Å². The van der Waals surface area contributed by atoms with Gasteiger partial charge in [0.1, 0.15) is 0 Å². The van der Waals surface area contributed by atoms with Crippen LogP contribution in [0, 0.1) is 5.92 Å². The molecule has 1 heterocycles. The van der Waals surface area contributed by atoms with E-state index in [1.807, 2.05) is 0 Å². The zero-order chi connectivity index (χ0) is 8.10. The summed E-state index contributed by atoms with van der Waals surface area (Å²) in [6.07, 6.45) is 3.90. The van der Waals surface area contributed by atoms with E-state index in [2.05, 4.69) is 12.2 Å². The lowest BCUT2D eigenvalue weighted by atomic mass is 9.97. The highest BCUT2D eigenvalue weighted by Gasteiger charge is 2.22. The topological polar surface area (TPSA) is 21.3 Å². The van der Waals surface area contributed by atoms with Crippen LogP contribution in [0.15, 0.2) is 0 Å². The maximum Gasteiger partial charge on any atom is 0.0505 e. The van der Waals surface area contributed by atoms with Gasteiger partial charge in [-0.05, 0) is 31.7 Å². The molecule has 2 nitrogen and oxygen atoms in total. The smallest absolute Gasteiger partial charge is 0.0505 e. The quantitative estimate of drug-likeness (QED) is 0.666. The van der Waals surface area contributed by atoms with Crippen LogP contribution in [0.25, 0.3) is 0 Å². The standard InChI is InChI=1S/C9H19NO/c1-3-8(7-11-2)9-5-4-6-10-9/h8-10H,3-7H2,1-2H3. The van der Waals surface area contributed by atoms with Crippen LogP contribution in [0.3, 0.4) is 0 Å². The highest BCUT2D eigenvalue weighted by atomic mass is 16.5. The highest BCUT2D eigenvalue weighted by molar-refractivity contribution is 4.80. The molecule has 1 rings (SSSR count). The van der Waals surface area contributed by atoms with Crippen molar-refractivity contribution in [3.63, 3.8) is 0 Å². The van der Waals surface area contributed by atoms with Crippen molar-refractivity contribution in [2.45, 2.75) is 32.2 Å². The van der Waals surface area contributed by atoms with Crippen molar-refractivity contribution in [3.05, 3.63) is 0 Å². The fourth-order valence-electron chi connectivity index (χ4n) is 1.85. The molecule has 0 aromatic heterocycles. The Morgan fingerprint density at radius 3 is 2.91 bits per heavy atom. The second-order valence-electron chi connectivity index (χ2n) is 3.33. The predicted octanol–water partition coefficient (Wildman–Crippen LogP) is 1.41. The summed E-state index contributed by atoms with van der Waals surface area (Å²) in [6, 6.07) is 0.722. The Balaban J connectivity index is 2.27. The molecule has 11 heavy (non-hydrogen) atoms. The van der Waals surface area contributed by atoms with Crippen LogP contribution in [-0.2, 0) is 4.74 Å². The molecule has 2 heteroatoms. The third kappa shape index (κ3) is 2.46. The number of nitrogens with one attached hydrogen (secondary N) is 1. The van der Waals surface area contributed by atoms with E-state index in [1.54, 1.807) is 7.11 Å². The Kier molecular flexibility index (Phi) is 3.87. The Bertz CT molecular complexity index is 99.7. The van der Waals surface area contributed by atoms with Crippen LogP contribution in [-0.4, -0.2) is 26.3 Å². The minimum Gasteiger partial charge on any atom is -0.384 e. The molecule has 1 aliphatic rings. The summed E-state index contributed by atoms with van der Waals surface area (Å²) in [6.45, 7) is 4.35. The molecule has 0 aliphatic carbocycles. The molecule has 0 saturated carbocycles. The lowest BCUT2D eigenvalue weighted by Crippen LogP contribution is -2.32. The lowest BCUT2D eigenvalue weighted by Gasteiger charge is -2.21. The molecule has 0 aromatic carbocycles. The fraction of sp³-hybridized carbons (Fsp3) is 1.00. The Labute approximate surface area is 69.3 Å². The van der Waals surface area contributed by atoms with Crippen molar-refractivity contribution < 1.29 is 4.74 Å². The van der Waals surface area contributed by atoms with E-state index in [1.165, 1.54) is 25.8 Å². The van der Waals surface area contributed by atoms with Gasteiger partial charge in [0.25, 0.3) is 0 Å². The number of hydrogen-bond acceptors (Lipinski definition) is 2. The summed E-state index contributed by atoms with van der Waals surface area (Å²) in [7, 11) is 1.79. The largest absolute Gasteiger partial charge is 0.384 e. The van der Waals surface area contributed by atoms with Gasteiger partial charge in [0.2, 0.25) is 0 Å². The van der Waals surface area contributed by atoms with Gasteiger partial charge >= 0.3 is 0 Å². The van der Waals surface area contributed by atoms with E-state index in [4.69, 9.17) is 4.74 Å². The lowest BCUT2D eigenvalue weighted by molar-refractivity contribution is 0.132. The van der Waals surface area contributed by atoms with Crippen molar-refractivity contribution in [1.29, 1.82) is 0 Å². The zero-order valence-corrected chi connectivity index (χ0v) is 7.60. The molecule has 0 radical (unpaired) electrons. The van der Waals surface area contributed by atoms with E-state index in [9.17, 15) is 0 Å². The Morgan fingerprint density at radius 1 is 1.64 bits per heavy atom. The summed E-state index contributed by atoms with van der Waals surface area (Å²) in [5.41, 5.74) is 0. The van der Waals surface area contributed by atoms with Gasteiger partial charge < -0.3 is 10.1 Å². The zero-order valence-electron chi connectivity index (χ0n) is 7.60. The van der Waals surface area contributed by atoms with Crippen LogP contribution >= 0.6 is 0 Å². The molecule has 1 fully saturated rings.